The summed E-state index contributed by atoms with van der Waals surface area (Å²) in [7, 11) is 0. The molecular weight excluding hydrogens is 440 g/mol. The van der Waals surface area contributed by atoms with Gasteiger partial charge in [-0.05, 0) is 44.4 Å². The van der Waals surface area contributed by atoms with Crippen LogP contribution in [0.5, 0.6) is 0 Å². The smallest absolute Gasteiger partial charge is 0.256 e. The standard InChI is InChI=1S/C24H27F2N7O/c1-4-21(34)32-24(3)8-15(9-24)30-23-28-11-17-16(10-27-22(17)31-23)14-5-6-18-19(7-14)33(12-20(25)26)13(2)29-18/h5-7,10-11,15,20H,4,8-9,12H2,1-3H3,(H,32,34)(H2,27,28,30,31)/t15-,24-. The van der Waals surface area contributed by atoms with Gasteiger partial charge >= 0.3 is 0 Å². The molecule has 3 heterocycles. The highest BCUT2D eigenvalue weighted by Crippen LogP contribution is 2.35. The molecule has 0 saturated heterocycles. The SMILES string of the molecule is CCC(=O)N[C@]1(C)C[C@@H](Nc2ncc3c(-c4ccc5nc(C)n(CC(F)F)c5c4)c[nH]c3n2)C1. The fourth-order valence-electron chi connectivity index (χ4n) is 4.83. The number of amides is 1. The highest BCUT2D eigenvalue weighted by Gasteiger charge is 2.41. The lowest BCUT2D eigenvalue weighted by Gasteiger charge is -2.45. The molecule has 1 aliphatic carbocycles. The molecule has 0 bridgehead atoms. The van der Waals surface area contributed by atoms with Gasteiger partial charge in [-0.1, -0.05) is 13.0 Å². The summed E-state index contributed by atoms with van der Waals surface area (Å²) < 4.78 is 27.7. The molecule has 3 aromatic heterocycles. The third-order valence-electron chi connectivity index (χ3n) is 6.49. The Hall–Kier alpha value is -3.56. The molecule has 0 aliphatic heterocycles. The van der Waals surface area contributed by atoms with Gasteiger partial charge in [0.2, 0.25) is 11.9 Å². The molecule has 1 amide bonds. The number of anilines is 1. The number of alkyl halides is 2. The van der Waals surface area contributed by atoms with E-state index in [1.165, 1.54) is 0 Å². The molecule has 34 heavy (non-hydrogen) atoms. The average Bonchev–Trinajstić information content (AvgIpc) is 3.32. The second-order valence-electron chi connectivity index (χ2n) is 9.23. The van der Waals surface area contributed by atoms with Gasteiger partial charge in [-0.15, -0.1) is 0 Å². The molecule has 0 radical (unpaired) electrons. The van der Waals surface area contributed by atoms with Crippen molar-refractivity contribution in [1.29, 1.82) is 0 Å². The van der Waals surface area contributed by atoms with Gasteiger partial charge in [0.15, 0.2) is 0 Å². The number of aryl methyl sites for hydroxylation is 1. The average molecular weight is 468 g/mol. The monoisotopic (exact) mass is 467 g/mol. The fraction of sp³-hybridized carbons (Fsp3) is 0.417. The van der Waals surface area contributed by atoms with Gasteiger partial charge in [-0.25, -0.2) is 18.7 Å². The number of fused-ring (bicyclic) bond motifs is 2. The number of carbonyl (C=O) groups excluding carboxylic acids is 1. The number of hydrogen-bond donors (Lipinski definition) is 3. The fourth-order valence-corrected chi connectivity index (χ4v) is 4.83. The predicted octanol–water partition coefficient (Wildman–Crippen LogP) is 4.41. The quantitative estimate of drug-likeness (QED) is 0.374. The molecule has 4 aromatic rings. The third kappa shape index (κ3) is 4.08. The lowest BCUT2D eigenvalue weighted by Crippen LogP contribution is -2.59. The molecule has 1 fully saturated rings. The van der Waals surface area contributed by atoms with Crippen LogP contribution in [-0.4, -0.2) is 48.4 Å². The molecule has 3 N–H and O–H groups in total. The van der Waals surface area contributed by atoms with Gasteiger partial charge < -0.3 is 20.2 Å². The van der Waals surface area contributed by atoms with Crippen LogP contribution in [0.1, 0.15) is 38.9 Å². The lowest BCUT2D eigenvalue weighted by atomic mass is 9.74. The maximum absolute atomic E-state index is 13.1. The topological polar surface area (TPSA) is 101 Å². The number of imidazole rings is 1. The van der Waals surface area contributed by atoms with E-state index in [9.17, 15) is 13.6 Å². The highest BCUT2D eigenvalue weighted by molar-refractivity contribution is 5.95. The van der Waals surface area contributed by atoms with Crippen LogP contribution in [0.2, 0.25) is 0 Å². The predicted molar refractivity (Wildman–Crippen MR) is 127 cm³/mol. The Kier molecular flexibility index (Phi) is 5.45. The van der Waals surface area contributed by atoms with Crippen LogP contribution < -0.4 is 10.6 Å². The minimum atomic E-state index is -2.45. The molecule has 5 rings (SSSR count). The molecule has 10 heteroatoms. The van der Waals surface area contributed by atoms with E-state index in [2.05, 4.69) is 30.6 Å². The summed E-state index contributed by atoms with van der Waals surface area (Å²) in [5, 5.41) is 7.25. The number of carbonyl (C=O) groups is 1. The largest absolute Gasteiger partial charge is 0.351 e. The van der Waals surface area contributed by atoms with Crippen LogP contribution in [0, 0.1) is 6.92 Å². The first-order valence-corrected chi connectivity index (χ1v) is 11.4. The van der Waals surface area contributed by atoms with Crippen molar-refractivity contribution in [2.45, 2.75) is 64.6 Å². The van der Waals surface area contributed by atoms with Crippen LogP contribution in [0.3, 0.4) is 0 Å². The Morgan fingerprint density at radius 3 is 2.85 bits per heavy atom. The zero-order valence-electron chi connectivity index (χ0n) is 19.3. The van der Waals surface area contributed by atoms with Gasteiger partial charge in [-0.3, -0.25) is 4.79 Å². The van der Waals surface area contributed by atoms with Crippen molar-refractivity contribution in [3.05, 3.63) is 36.4 Å². The van der Waals surface area contributed by atoms with E-state index in [0.29, 0.717) is 34.9 Å². The van der Waals surface area contributed by atoms with E-state index in [4.69, 9.17) is 0 Å². The normalized spacial score (nSPS) is 20.1. The van der Waals surface area contributed by atoms with Gasteiger partial charge in [0.05, 0.1) is 17.6 Å². The van der Waals surface area contributed by atoms with Crippen molar-refractivity contribution >= 4 is 33.9 Å². The van der Waals surface area contributed by atoms with Crippen molar-refractivity contribution in [2.24, 2.45) is 0 Å². The maximum Gasteiger partial charge on any atom is 0.256 e. The van der Waals surface area contributed by atoms with Crippen molar-refractivity contribution in [3.8, 4) is 11.1 Å². The molecule has 1 aromatic carbocycles. The van der Waals surface area contributed by atoms with Gasteiger partial charge in [0.25, 0.3) is 6.43 Å². The van der Waals surface area contributed by atoms with Gasteiger partial charge in [0.1, 0.15) is 11.5 Å². The van der Waals surface area contributed by atoms with Gasteiger partial charge in [-0.2, -0.15) is 4.98 Å². The first kappa shape index (κ1) is 22.2. The van der Waals surface area contributed by atoms with E-state index in [0.717, 1.165) is 29.4 Å². The minimum absolute atomic E-state index is 0.0585. The summed E-state index contributed by atoms with van der Waals surface area (Å²) in [6, 6.07) is 5.84. The Labute approximate surface area is 195 Å². The number of aromatic amines is 1. The van der Waals surface area contributed by atoms with E-state index in [-0.39, 0.29) is 24.0 Å². The number of rotatable bonds is 7. The third-order valence-corrected chi connectivity index (χ3v) is 6.49. The number of halogens is 2. The summed E-state index contributed by atoms with van der Waals surface area (Å²) in [6.45, 7) is 5.24. The maximum atomic E-state index is 13.1. The molecule has 1 saturated carbocycles. The molecule has 0 unspecified atom stereocenters. The number of hydrogen-bond acceptors (Lipinski definition) is 5. The van der Waals surface area contributed by atoms with E-state index >= 15 is 0 Å². The van der Waals surface area contributed by atoms with Crippen LogP contribution in [0.25, 0.3) is 33.2 Å². The number of aromatic nitrogens is 5. The zero-order chi connectivity index (χ0) is 24.0. The number of benzene rings is 1. The Morgan fingerprint density at radius 2 is 2.12 bits per heavy atom. The molecule has 0 atom stereocenters. The summed E-state index contributed by atoms with van der Waals surface area (Å²) in [5.41, 5.74) is 3.62. The van der Waals surface area contributed by atoms with Crippen molar-refractivity contribution in [1.82, 2.24) is 29.8 Å². The van der Waals surface area contributed by atoms with Gasteiger partial charge in [0, 0.05) is 41.3 Å². The molecule has 1 aliphatic rings. The molecule has 8 nitrogen and oxygen atoms in total. The Balaban J connectivity index is 1.36. The second-order valence-corrected chi connectivity index (χ2v) is 9.23. The summed E-state index contributed by atoms with van der Waals surface area (Å²) in [4.78, 5) is 28.4. The number of H-pyrrole nitrogens is 1. The number of nitrogens with zero attached hydrogens (tertiary/aromatic N) is 4. The van der Waals surface area contributed by atoms with Crippen LogP contribution in [-0.2, 0) is 11.3 Å². The van der Waals surface area contributed by atoms with Crippen LogP contribution in [0.4, 0.5) is 14.7 Å². The summed E-state index contributed by atoms with van der Waals surface area (Å²) in [5.74, 6) is 1.14. The van der Waals surface area contributed by atoms with Crippen molar-refractivity contribution in [2.75, 3.05) is 5.32 Å². The number of nitrogens with one attached hydrogen (secondary N) is 3. The van der Waals surface area contributed by atoms with Crippen LogP contribution in [0.15, 0.2) is 30.6 Å². The highest BCUT2D eigenvalue weighted by atomic mass is 19.3. The Morgan fingerprint density at radius 1 is 1.32 bits per heavy atom. The lowest BCUT2D eigenvalue weighted by molar-refractivity contribution is -0.123. The van der Waals surface area contributed by atoms with Crippen molar-refractivity contribution < 1.29 is 13.6 Å². The van der Waals surface area contributed by atoms with Crippen molar-refractivity contribution in [3.63, 3.8) is 0 Å². The zero-order valence-corrected chi connectivity index (χ0v) is 19.3. The van der Waals surface area contributed by atoms with E-state index in [1.807, 2.05) is 38.2 Å². The molecule has 178 valence electrons. The first-order valence-electron chi connectivity index (χ1n) is 11.4. The molecule has 0 spiro atoms. The minimum Gasteiger partial charge on any atom is -0.351 e. The summed E-state index contributed by atoms with van der Waals surface area (Å²) >= 11 is 0. The first-order chi connectivity index (χ1) is 16.2. The summed E-state index contributed by atoms with van der Waals surface area (Å²) in [6.07, 6.45) is 3.25. The van der Waals surface area contributed by atoms with E-state index in [1.54, 1.807) is 17.7 Å². The van der Waals surface area contributed by atoms with Crippen LogP contribution >= 0.6 is 0 Å². The Bertz CT molecular complexity index is 1370. The van der Waals surface area contributed by atoms with E-state index < -0.39 is 6.43 Å². The molecular formula is C24H27F2N7O. The second kappa shape index (κ2) is 8.34.